The number of hydrogen-bond donors (Lipinski definition) is 1. The summed E-state index contributed by atoms with van der Waals surface area (Å²) < 4.78 is 6.98. The molecule has 1 rings (SSSR count). The van der Waals surface area contributed by atoms with Crippen LogP contribution >= 0.6 is 15.9 Å². The van der Waals surface area contributed by atoms with Crippen molar-refractivity contribution in [2.45, 2.75) is 46.1 Å². The van der Waals surface area contributed by atoms with E-state index in [0.717, 1.165) is 36.1 Å². The van der Waals surface area contributed by atoms with Crippen LogP contribution in [-0.2, 0) is 6.42 Å². The molecule has 2 unspecified atom stereocenters. The quantitative estimate of drug-likeness (QED) is 0.820. The lowest BCUT2D eigenvalue weighted by Gasteiger charge is -2.17. The molecule has 18 heavy (non-hydrogen) atoms. The Bertz CT molecular complexity index is 368. The number of benzene rings is 1. The Morgan fingerprint density at radius 2 is 2.00 bits per heavy atom. The molecule has 0 aliphatic heterocycles. The molecule has 0 fully saturated rings. The Morgan fingerprint density at radius 3 is 2.61 bits per heavy atom. The molecule has 2 nitrogen and oxygen atoms in total. The van der Waals surface area contributed by atoms with Gasteiger partial charge in [0, 0.05) is 6.04 Å². The normalized spacial score (nSPS) is 14.3. The minimum Gasteiger partial charge on any atom is -0.492 e. The van der Waals surface area contributed by atoms with Crippen molar-refractivity contribution in [2.24, 2.45) is 11.7 Å². The Labute approximate surface area is 119 Å². The number of hydrogen-bond acceptors (Lipinski definition) is 2. The zero-order chi connectivity index (χ0) is 13.5. The third-order valence-electron chi connectivity index (χ3n) is 3.26. The van der Waals surface area contributed by atoms with Crippen molar-refractivity contribution in [1.82, 2.24) is 0 Å². The molecule has 0 saturated carbocycles. The molecule has 2 N–H and O–H groups in total. The Morgan fingerprint density at radius 1 is 1.28 bits per heavy atom. The third kappa shape index (κ3) is 4.62. The highest BCUT2D eigenvalue weighted by Gasteiger charge is 2.12. The second kappa shape index (κ2) is 7.80. The third-order valence-corrected chi connectivity index (χ3v) is 3.89. The van der Waals surface area contributed by atoms with Crippen LogP contribution in [0.15, 0.2) is 22.7 Å². The van der Waals surface area contributed by atoms with Crippen LogP contribution in [0.1, 0.15) is 39.2 Å². The number of halogens is 1. The summed E-state index contributed by atoms with van der Waals surface area (Å²) in [7, 11) is 0. The maximum absolute atomic E-state index is 6.04. The highest BCUT2D eigenvalue weighted by molar-refractivity contribution is 9.10. The highest BCUT2D eigenvalue weighted by atomic mass is 79.9. The van der Waals surface area contributed by atoms with Gasteiger partial charge in [0.15, 0.2) is 0 Å². The largest absolute Gasteiger partial charge is 0.492 e. The first-order valence-electron chi connectivity index (χ1n) is 6.74. The fourth-order valence-electron chi connectivity index (χ4n) is 1.65. The summed E-state index contributed by atoms with van der Waals surface area (Å²) in [4.78, 5) is 0. The van der Waals surface area contributed by atoms with Crippen LogP contribution in [0.5, 0.6) is 5.75 Å². The first kappa shape index (κ1) is 15.5. The van der Waals surface area contributed by atoms with E-state index in [9.17, 15) is 0 Å². The van der Waals surface area contributed by atoms with Gasteiger partial charge in [-0.1, -0.05) is 39.3 Å². The molecular formula is C15H24BrNO. The lowest BCUT2D eigenvalue weighted by molar-refractivity contribution is 0.252. The first-order chi connectivity index (χ1) is 8.58. The average Bonchev–Trinajstić information content (AvgIpc) is 2.37. The van der Waals surface area contributed by atoms with Gasteiger partial charge in [0.25, 0.3) is 0 Å². The van der Waals surface area contributed by atoms with Crippen molar-refractivity contribution < 1.29 is 4.74 Å². The Balaban J connectivity index is 2.80. The van der Waals surface area contributed by atoms with E-state index in [1.165, 1.54) is 5.56 Å². The van der Waals surface area contributed by atoms with Crippen LogP contribution < -0.4 is 10.5 Å². The van der Waals surface area contributed by atoms with Crippen LogP contribution in [0.2, 0.25) is 0 Å². The molecule has 1 aromatic carbocycles. The van der Waals surface area contributed by atoms with Gasteiger partial charge in [-0.15, -0.1) is 0 Å². The van der Waals surface area contributed by atoms with Crippen molar-refractivity contribution >= 4 is 15.9 Å². The van der Waals surface area contributed by atoms with Crippen LogP contribution in [0.25, 0.3) is 0 Å². The van der Waals surface area contributed by atoms with Crippen molar-refractivity contribution in [1.29, 1.82) is 0 Å². The first-order valence-corrected chi connectivity index (χ1v) is 7.53. The van der Waals surface area contributed by atoms with Gasteiger partial charge < -0.3 is 10.5 Å². The van der Waals surface area contributed by atoms with Crippen LogP contribution in [0.3, 0.4) is 0 Å². The highest BCUT2D eigenvalue weighted by Crippen LogP contribution is 2.30. The van der Waals surface area contributed by atoms with E-state index in [-0.39, 0.29) is 6.04 Å². The molecule has 0 bridgehead atoms. The predicted molar refractivity (Wildman–Crippen MR) is 81.1 cm³/mol. The Hall–Kier alpha value is -0.540. The fourth-order valence-corrected chi connectivity index (χ4v) is 2.17. The van der Waals surface area contributed by atoms with E-state index in [2.05, 4.69) is 42.8 Å². The molecule has 0 aromatic heterocycles. The second-order valence-corrected chi connectivity index (χ2v) is 5.78. The van der Waals surface area contributed by atoms with Crippen molar-refractivity contribution in [3.8, 4) is 5.75 Å². The molecule has 1 aromatic rings. The summed E-state index contributed by atoms with van der Waals surface area (Å²) in [6, 6.07) is 6.36. The summed E-state index contributed by atoms with van der Waals surface area (Å²) in [5, 5.41) is 0. The molecular weight excluding hydrogens is 290 g/mol. The van der Waals surface area contributed by atoms with Gasteiger partial charge in [0.05, 0.1) is 11.1 Å². The molecule has 102 valence electrons. The van der Waals surface area contributed by atoms with E-state index in [4.69, 9.17) is 10.5 Å². The summed E-state index contributed by atoms with van der Waals surface area (Å²) in [6.45, 7) is 7.26. The predicted octanol–water partition coefficient (Wildman–Crippen LogP) is 4.15. The van der Waals surface area contributed by atoms with Crippen molar-refractivity contribution in [3.05, 3.63) is 28.2 Å². The zero-order valence-electron chi connectivity index (χ0n) is 11.6. The van der Waals surface area contributed by atoms with Gasteiger partial charge in [-0.2, -0.15) is 0 Å². The Kier molecular flexibility index (Phi) is 6.72. The molecule has 0 heterocycles. The standard InChI is InChI=1S/C15H24BrNO/c1-4-11(3)10-18-15-12(9-13(17)5-2)7-6-8-14(15)16/h6-8,11,13H,4-5,9-10,17H2,1-3H3. The molecule has 0 aliphatic carbocycles. The maximum Gasteiger partial charge on any atom is 0.136 e. The zero-order valence-corrected chi connectivity index (χ0v) is 13.2. The van der Waals surface area contributed by atoms with Crippen molar-refractivity contribution in [3.63, 3.8) is 0 Å². The lowest BCUT2D eigenvalue weighted by atomic mass is 10.0. The van der Waals surface area contributed by atoms with Crippen LogP contribution in [0.4, 0.5) is 0 Å². The number of ether oxygens (including phenoxy) is 1. The number of rotatable bonds is 7. The number of para-hydroxylation sites is 1. The van der Waals surface area contributed by atoms with Gasteiger partial charge >= 0.3 is 0 Å². The topological polar surface area (TPSA) is 35.2 Å². The second-order valence-electron chi connectivity index (χ2n) is 4.92. The average molecular weight is 314 g/mol. The van der Waals surface area contributed by atoms with E-state index in [0.29, 0.717) is 5.92 Å². The SMILES string of the molecule is CCC(C)COc1c(Br)cccc1CC(N)CC. The fraction of sp³-hybridized carbons (Fsp3) is 0.600. The summed E-state index contributed by atoms with van der Waals surface area (Å²) in [6.07, 6.45) is 2.98. The van der Waals surface area contributed by atoms with E-state index in [1.807, 2.05) is 12.1 Å². The number of nitrogens with two attached hydrogens (primary N) is 1. The minimum absolute atomic E-state index is 0.199. The van der Waals surface area contributed by atoms with E-state index >= 15 is 0 Å². The maximum atomic E-state index is 6.04. The van der Waals surface area contributed by atoms with Crippen molar-refractivity contribution in [2.75, 3.05) is 6.61 Å². The van der Waals surface area contributed by atoms with Gasteiger partial charge in [-0.25, -0.2) is 0 Å². The smallest absolute Gasteiger partial charge is 0.136 e. The molecule has 2 atom stereocenters. The molecule has 0 radical (unpaired) electrons. The summed E-state index contributed by atoms with van der Waals surface area (Å²) in [5.74, 6) is 1.53. The molecule has 0 amide bonds. The van der Waals surface area contributed by atoms with Gasteiger partial charge in [-0.3, -0.25) is 0 Å². The van der Waals surface area contributed by atoms with Gasteiger partial charge in [0.2, 0.25) is 0 Å². The minimum atomic E-state index is 0.199. The molecule has 3 heteroatoms. The summed E-state index contributed by atoms with van der Waals surface area (Å²) >= 11 is 3.57. The molecule has 0 spiro atoms. The lowest BCUT2D eigenvalue weighted by Crippen LogP contribution is -2.22. The summed E-state index contributed by atoms with van der Waals surface area (Å²) in [5.41, 5.74) is 7.23. The van der Waals surface area contributed by atoms with Gasteiger partial charge in [-0.05, 0) is 46.3 Å². The van der Waals surface area contributed by atoms with E-state index < -0.39 is 0 Å². The molecule has 0 aliphatic rings. The monoisotopic (exact) mass is 313 g/mol. The molecule has 0 saturated heterocycles. The van der Waals surface area contributed by atoms with E-state index in [1.54, 1.807) is 0 Å². The van der Waals surface area contributed by atoms with Gasteiger partial charge in [0.1, 0.15) is 5.75 Å². The van der Waals surface area contributed by atoms with Crippen LogP contribution in [-0.4, -0.2) is 12.6 Å². The van der Waals surface area contributed by atoms with Crippen LogP contribution in [0, 0.1) is 5.92 Å².